The first-order chi connectivity index (χ1) is 21.8. The number of nitrogens with zero attached hydrogens (tertiary/aromatic N) is 2. The van der Waals surface area contributed by atoms with Gasteiger partial charge in [0.2, 0.25) is 0 Å². The van der Waals surface area contributed by atoms with E-state index in [-0.39, 0.29) is 24.3 Å². The molecule has 2 aromatic carbocycles. The number of thiazole rings is 1. The number of ether oxygens (including phenoxy) is 4. The summed E-state index contributed by atoms with van der Waals surface area (Å²) in [6.07, 6.45) is 2.88. The highest BCUT2D eigenvalue weighted by atomic mass is 32.1. The Morgan fingerprint density at radius 3 is 2.47 bits per heavy atom. The van der Waals surface area contributed by atoms with Crippen molar-refractivity contribution in [3.8, 4) is 22.8 Å². The number of methoxy groups -OCH3 is 2. The molecule has 0 saturated carbocycles. The minimum atomic E-state index is -0.869. The number of benzene rings is 2. The predicted molar refractivity (Wildman–Crippen MR) is 169 cm³/mol. The van der Waals surface area contributed by atoms with E-state index in [2.05, 4.69) is 0 Å². The minimum absolute atomic E-state index is 0.164. The lowest BCUT2D eigenvalue weighted by atomic mass is 9.93. The summed E-state index contributed by atoms with van der Waals surface area (Å²) in [5, 5.41) is 0. The van der Waals surface area contributed by atoms with Crippen LogP contribution in [0, 0.1) is 0 Å². The van der Waals surface area contributed by atoms with Crippen LogP contribution in [0.4, 0.5) is 0 Å². The van der Waals surface area contributed by atoms with Gasteiger partial charge in [0.25, 0.3) is 5.56 Å². The molecule has 1 aliphatic heterocycles. The normalized spacial score (nSPS) is 14.5. The minimum Gasteiger partial charge on any atom is -0.497 e. The molecule has 1 atom stereocenters. The molecule has 5 rings (SSSR count). The van der Waals surface area contributed by atoms with Gasteiger partial charge in [-0.15, -0.1) is 0 Å². The van der Waals surface area contributed by atoms with Crippen LogP contribution in [0.5, 0.6) is 11.5 Å². The molecular weight excluding hydrogens is 596 g/mol. The zero-order valence-corrected chi connectivity index (χ0v) is 26.6. The first-order valence-electron chi connectivity index (χ1n) is 14.6. The van der Waals surface area contributed by atoms with Crippen LogP contribution in [-0.2, 0) is 14.3 Å². The Hall–Kier alpha value is -4.90. The predicted octanol–water partition coefficient (Wildman–Crippen LogP) is 5.03. The average molecular weight is 631 g/mol. The Morgan fingerprint density at radius 2 is 1.76 bits per heavy atom. The summed E-state index contributed by atoms with van der Waals surface area (Å²) in [5.74, 6) is 1.02. The zero-order chi connectivity index (χ0) is 32.1. The molecule has 0 aliphatic carbocycles. The van der Waals surface area contributed by atoms with Gasteiger partial charge in [0.1, 0.15) is 29.1 Å². The number of aromatic nitrogens is 1. The monoisotopic (exact) mass is 630 g/mol. The molecule has 1 aliphatic rings. The zero-order valence-electron chi connectivity index (χ0n) is 25.7. The van der Waals surface area contributed by atoms with Crippen LogP contribution in [-0.4, -0.2) is 43.9 Å². The molecule has 0 amide bonds. The molecule has 0 N–H and O–H groups in total. The summed E-state index contributed by atoms with van der Waals surface area (Å²) in [4.78, 5) is 45.1. The van der Waals surface area contributed by atoms with Crippen molar-refractivity contribution in [3.05, 3.63) is 102 Å². The molecule has 2 aromatic heterocycles. The van der Waals surface area contributed by atoms with Gasteiger partial charge < -0.3 is 23.4 Å². The fourth-order valence-corrected chi connectivity index (χ4v) is 6.20. The molecule has 0 saturated heterocycles. The van der Waals surface area contributed by atoms with Gasteiger partial charge in [-0.1, -0.05) is 36.8 Å². The van der Waals surface area contributed by atoms with E-state index in [0.717, 1.165) is 6.42 Å². The van der Waals surface area contributed by atoms with Crippen molar-refractivity contribution in [1.82, 2.24) is 4.57 Å². The fraction of sp³-hybridized carbons (Fsp3) is 0.294. The molecule has 3 heterocycles. The highest BCUT2D eigenvalue weighted by Crippen LogP contribution is 2.38. The van der Waals surface area contributed by atoms with Crippen molar-refractivity contribution in [3.63, 3.8) is 0 Å². The second kappa shape index (κ2) is 13.8. The number of rotatable bonds is 11. The third-order valence-electron chi connectivity index (χ3n) is 7.18. The Bertz CT molecular complexity index is 1950. The van der Waals surface area contributed by atoms with Crippen molar-refractivity contribution >= 4 is 29.4 Å². The molecule has 11 heteroatoms. The van der Waals surface area contributed by atoms with Crippen LogP contribution < -0.4 is 24.4 Å². The van der Waals surface area contributed by atoms with Crippen molar-refractivity contribution in [1.29, 1.82) is 0 Å². The number of hydrogen-bond acceptors (Lipinski definition) is 10. The van der Waals surface area contributed by atoms with Crippen molar-refractivity contribution < 1.29 is 33.0 Å². The summed E-state index contributed by atoms with van der Waals surface area (Å²) in [6, 6.07) is 14.9. The summed E-state index contributed by atoms with van der Waals surface area (Å²) in [5.41, 5.74) is 2.15. The Kier molecular flexibility index (Phi) is 9.68. The van der Waals surface area contributed by atoms with E-state index in [1.165, 1.54) is 23.0 Å². The van der Waals surface area contributed by atoms with Crippen molar-refractivity contribution in [2.45, 2.75) is 39.7 Å². The number of fused-ring (bicyclic) bond motifs is 1. The fourth-order valence-electron chi connectivity index (χ4n) is 5.20. The van der Waals surface area contributed by atoms with Crippen molar-refractivity contribution in [2.24, 2.45) is 4.99 Å². The lowest BCUT2D eigenvalue weighted by Gasteiger charge is -2.27. The van der Waals surface area contributed by atoms with Crippen LogP contribution in [0.3, 0.4) is 0 Å². The van der Waals surface area contributed by atoms with E-state index >= 15 is 0 Å². The SMILES string of the molecule is CCCC1=C(C(=O)OCC)[C@@H](c2cc(OC)ccc2OC)n2c(s/c(=C\c3ccc(-c4cccc(C(=O)OCC)c4)o3)c2=O)=N1. The summed E-state index contributed by atoms with van der Waals surface area (Å²) in [7, 11) is 3.08. The lowest BCUT2D eigenvalue weighted by Crippen LogP contribution is -2.40. The standard InChI is InChI=1S/C34H34N2O8S/c1-6-10-25-29(33(39)43-8-3)30(24-18-22(40-4)13-16-27(24)41-5)36-31(37)28(45-34(36)35-25)19-23-14-15-26(44-23)20-11-9-12-21(17-20)32(38)42-7-2/h9,11-19,30H,6-8,10H2,1-5H3/b28-19-/t30-/m1/s1. The molecule has 234 valence electrons. The van der Waals surface area contributed by atoms with Crippen LogP contribution in [0.25, 0.3) is 17.4 Å². The van der Waals surface area contributed by atoms with Gasteiger partial charge in [-0.25, -0.2) is 14.6 Å². The number of esters is 2. The highest BCUT2D eigenvalue weighted by Gasteiger charge is 2.36. The summed E-state index contributed by atoms with van der Waals surface area (Å²) < 4.78 is 29.7. The summed E-state index contributed by atoms with van der Waals surface area (Å²) in [6.45, 7) is 5.93. The quantitative estimate of drug-likeness (QED) is 0.212. The van der Waals surface area contributed by atoms with Crippen LogP contribution in [0.15, 0.2) is 80.1 Å². The second-order valence-electron chi connectivity index (χ2n) is 10.0. The molecule has 45 heavy (non-hydrogen) atoms. The van der Waals surface area contributed by atoms with E-state index in [1.54, 1.807) is 75.6 Å². The Balaban J connectivity index is 1.66. The number of hydrogen-bond donors (Lipinski definition) is 0. The smallest absolute Gasteiger partial charge is 0.338 e. The van der Waals surface area contributed by atoms with Crippen LogP contribution >= 0.6 is 11.3 Å². The maximum atomic E-state index is 14.1. The number of carbonyl (C=O) groups is 2. The third kappa shape index (κ3) is 6.34. The van der Waals surface area contributed by atoms with E-state index in [9.17, 15) is 14.4 Å². The van der Waals surface area contributed by atoms with Gasteiger partial charge in [-0.2, -0.15) is 0 Å². The van der Waals surface area contributed by atoms with Gasteiger partial charge in [0.15, 0.2) is 4.80 Å². The van der Waals surface area contributed by atoms with Gasteiger partial charge in [-0.3, -0.25) is 9.36 Å². The maximum Gasteiger partial charge on any atom is 0.338 e. The average Bonchev–Trinajstić information content (AvgIpc) is 3.64. The molecule has 0 bridgehead atoms. The van der Waals surface area contributed by atoms with Gasteiger partial charge >= 0.3 is 11.9 Å². The van der Waals surface area contributed by atoms with Gasteiger partial charge in [0, 0.05) is 17.2 Å². The first-order valence-corrected chi connectivity index (χ1v) is 15.5. The molecule has 4 aromatic rings. The summed E-state index contributed by atoms with van der Waals surface area (Å²) >= 11 is 1.20. The first kappa shape index (κ1) is 31.5. The third-order valence-corrected chi connectivity index (χ3v) is 8.16. The van der Waals surface area contributed by atoms with Crippen LogP contribution in [0.2, 0.25) is 0 Å². The second-order valence-corrected chi connectivity index (χ2v) is 11.0. The van der Waals surface area contributed by atoms with Crippen molar-refractivity contribution in [2.75, 3.05) is 27.4 Å². The van der Waals surface area contributed by atoms with E-state index < -0.39 is 18.0 Å². The van der Waals surface area contributed by atoms with E-state index in [0.29, 0.717) is 61.2 Å². The molecule has 10 nitrogen and oxygen atoms in total. The Labute approximate surface area is 263 Å². The molecular formula is C34H34N2O8S. The number of furan rings is 1. The largest absolute Gasteiger partial charge is 0.497 e. The Morgan fingerprint density at radius 1 is 0.978 bits per heavy atom. The van der Waals surface area contributed by atoms with Crippen LogP contribution in [0.1, 0.15) is 61.3 Å². The molecule has 0 unspecified atom stereocenters. The van der Waals surface area contributed by atoms with Gasteiger partial charge in [0.05, 0.1) is 48.8 Å². The topological polar surface area (TPSA) is 119 Å². The molecule has 0 spiro atoms. The number of carbonyl (C=O) groups excluding carboxylic acids is 2. The van der Waals surface area contributed by atoms with E-state index in [1.807, 2.05) is 13.0 Å². The maximum absolute atomic E-state index is 14.1. The lowest BCUT2D eigenvalue weighted by molar-refractivity contribution is -0.139. The molecule has 0 fully saturated rings. The number of allylic oxidation sites excluding steroid dienone is 1. The molecule has 0 radical (unpaired) electrons. The van der Waals surface area contributed by atoms with E-state index in [4.69, 9.17) is 28.4 Å². The van der Waals surface area contributed by atoms with Gasteiger partial charge in [-0.05, 0) is 62.7 Å². The highest BCUT2D eigenvalue weighted by molar-refractivity contribution is 7.07.